The number of nitriles is 1. The molecule has 2 rings (SSSR count). The van der Waals surface area contributed by atoms with Crippen LogP contribution in [0.4, 0.5) is 0 Å². The summed E-state index contributed by atoms with van der Waals surface area (Å²) in [5, 5.41) is 16.7. The monoisotopic (exact) mass is 367 g/mol. The Morgan fingerprint density at radius 2 is 2.00 bits per heavy atom. The molecule has 0 aromatic carbocycles. The Morgan fingerprint density at radius 1 is 1.35 bits per heavy atom. The summed E-state index contributed by atoms with van der Waals surface area (Å²) in [5.74, 6) is 0. The van der Waals surface area contributed by atoms with E-state index in [2.05, 4.69) is 0 Å². The Balaban J connectivity index is 0.000000765. The first-order chi connectivity index (χ1) is 12.3. The van der Waals surface area contributed by atoms with Crippen LogP contribution in [-0.4, -0.2) is 39.2 Å². The molecule has 26 heavy (non-hydrogen) atoms. The fraction of sp³-hybridized carbons (Fsp3) is 0.722. The minimum Gasteiger partial charge on any atom is -0.394 e. The molecule has 1 aliphatic rings. The van der Waals surface area contributed by atoms with Crippen molar-refractivity contribution in [3.8, 4) is 6.07 Å². The van der Waals surface area contributed by atoms with Crippen molar-refractivity contribution >= 4 is 0 Å². The second-order valence-corrected chi connectivity index (χ2v) is 6.67. The Morgan fingerprint density at radius 3 is 2.58 bits per heavy atom. The molecule has 1 aromatic rings. The zero-order valence-corrected chi connectivity index (χ0v) is 15.9. The van der Waals surface area contributed by atoms with E-state index >= 15 is 0 Å². The molecule has 0 bridgehead atoms. The van der Waals surface area contributed by atoms with Crippen molar-refractivity contribution in [3.05, 3.63) is 33.1 Å². The first-order valence-electron chi connectivity index (χ1n) is 8.90. The number of hydrogen-bond acceptors (Lipinski definition) is 6. The van der Waals surface area contributed by atoms with E-state index in [9.17, 15) is 9.59 Å². The van der Waals surface area contributed by atoms with Gasteiger partial charge >= 0.3 is 5.69 Å². The molecule has 0 radical (unpaired) electrons. The Labute approximate surface area is 153 Å². The molecule has 8 heteroatoms. The van der Waals surface area contributed by atoms with Crippen LogP contribution in [0.25, 0.3) is 0 Å². The van der Waals surface area contributed by atoms with Crippen molar-refractivity contribution < 1.29 is 14.6 Å². The van der Waals surface area contributed by atoms with Crippen molar-refractivity contribution in [2.75, 3.05) is 6.61 Å². The predicted octanol–water partition coefficient (Wildman–Crippen LogP) is 1.41. The highest BCUT2D eigenvalue weighted by Gasteiger charge is 2.28. The van der Waals surface area contributed by atoms with Crippen LogP contribution in [0.3, 0.4) is 0 Å². The molecule has 2 unspecified atom stereocenters. The molecule has 146 valence electrons. The maximum atomic E-state index is 12.4. The van der Waals surface area contributed by atoms with E-state index in [1.54, 1.807) is 13.8 Å². The lowest BCUT2D eigenvalue weighted by Crippen LogP contribution is -2.40. The zero-order valence-electron chi connectivity index (χ0n) is 15.9. The highest BCUT2D eigenvalue weighted by Crippen LogP contribution is 2.27. The number of nitrogens with zero attached hydrogens (tertiary/aromatic N) is 3. The molecule has 0 amide bonds. The summed E-state index contributed by atoms with van der Waals surface area (Å²) in [4.78, 5) is 24.1. The fourth-order valence-corrected chi connectivity index (χ4v) is 2.43. The molecule has 1 fully saturated rings. The van der Waals surface area contributed by atoms with Crippen molar-refractivity contribution in [1.29, 1.82) is 5.26 Å². The maximum Gasteiger partial charge on any atom is 0.333 e. The molecule has 1 aromatic heterocycles. The molecule has 0 saturated carbocycles. The largest absolute Gasteiger partial charge is 0.394 e. The molecule has 2 heterocycles. The van der Waals surface area contributed by atoms with E-state index in [-0.39, 0.29) is 37.5 Å². The highest BCUT2D eigenvalue weighted by molar-refractivity contribution is 4.90. The molecule has 1 saturated heterocycles. The number of rotatable bonds is 6. The summed E-state index contributed by atoms with van der Waals surface area (Å²) in [5.41, 5.74) is -0.827. The van der Waals surface area contributed by atoms with E-state index in [0.29, 0.717) is 13.0 Å². The van der Waals surface area contributed by atoms with Crippen LogP contribution in [0.15, 0.2) is 21.9 Å². The van der Waals surface area contributed by atoms with Crippen LogP contribution >= 0.6 is 0 Å². The average molecular weight is 367 g/mol. The smallest absolute Gasteiger partial charge is 0.333 e. The van der Waals surface area contributed by atoms with Gasteiger partial charge in [-0.1, -0.05) is 0 Å². The Kier molecular flexibility index (Phi) is 9.27. The first-order valence-corrected chi connectivity index (χ1v) is 8.90. The molecular weight excluding hydrogens is 338 g/mol. The second kappa shape index (κ2) is 10.9. The summed E-state index contributed by atoms with van der Waals surface area (Å²) in [6.07, 6.45) is 2.63. The lowest BCUT2D eigenvalue weighted by Gasteiger charge is -2.17. The molecule has 8 nitrogen and oxygen atoms in total. The minimum atomic E-state index is -0.432. The minimum absolute atomic E-state index is 0.0428. The van der Waals surface area contributed by atoms with Gasteiger partial charge in [-0.25, -0.2) is 4.79 Å². The third-order valence-corrected chi connectivity index (χ3v) is 3.55. The van der Waals surface area contributed by atoms with E-state index in [1.165, 1.54) is 16.8 Å². The maximum absolute atomic E-state index is 12.4. The van der Waals surface area contributed by atoms with Gasteiger partial charge in [0.25, 0.3) is 5.56 Å². The molecule has 0 spiro atoms. The standard InChI is InChI=1S/C15H21N3O4.C3H8O/c1-11(2)21-10-12-4-5-14(22-12)18-9-6-13(19)17(15(18)20)8-3-7-16;1-3(2)4/h6,9,11-12,14H,3-5,8,10H2,1-2H3;3-4H,1-2H3. The molecule has 2 atom stereocenters. The zero-order chi connectivity index (χ0) is 19.7. The van der Waals surface area contributed by atoms with Crippen LogP contribution in [0.1, 0.15) is 53.2 Å². The summed E-state index contributed by atoms with van der Waals surface area (Å²) in [6, 6.07) is 3.27. The van der Waals surface area contributed by atoms with Gasteiger partial charge in [0.1, 0.15) is 6.23 Å². The number of aromatic nitrogens is 2. The van der Waals surface area contributed by atoms with Crippen molar-refractivity contribution in [1.82, 2.24) is 9.13 Å². The van der Waals surface area contributed by atoms with Gasteiger partial charge < -0.3 is 14.6 Å². The average Bonchev–Trinajstić information content (AvgIpc) is 3.01. The van der Waals surface area contributed by atoms with Crippen LogP contribution in [-0.2, 0) is 16.0 Å². The SMILES string of the molecule is CC(C)O.CC(C)OCC1CCC(n2ccc(=O)n(CCC#N)c2=O)O1. The van der Waals surface area contributed by atoms with Crippen LogP contribution in [0.5, 0.6) is 0 Å². The lowest BCUT2D eigenvalue weighted by atomic mass is 10.2. The van der Waals surface area contributed by atoms with Crippen LogP contribution in [0, 0.1) is 11.3 Å². The molecule has 1 N–H and O–H groups in total. The number of aliphatic hydroxyl groups excluding tert-OH is 1. The predicted molar refractivity (Wildman–Crippen MR) is 96.8 cm³/mol. The van der Waals surface area contributed by atoms with E-state index < -0.39 is 11.2 Å². The molecule has 1 aliphatic heterocycles. The van der Waals surface area contributed by atoms with Crippen molar-refractivity contribution in [3.63, 3.8) is 0 Å². The van der Waals surface area contributed by atoms with Gasteiger partial charge in [0.2, 0.25) is 0 Å². The molecule has 0 aliphatic carbocycles. The van der Waals surface area contributed by atoms with Crippen molar-refractivity contribution in [2.45, 2.75) is 78.0 Å². The molecular formula is C18H29N3O5. The first kappa shape index (κ1) is 22.1. The number of hydrogen-bond donors (Lipinski definition) is 1. The summed E-state index contributed by atoms with van der Waals surface area (Å²) in [7, 11) is 0. The van der Waals surface area contributed by atoms with Crippen LogP contribution in [0.2, 0.25) is 0 Å². The topological polar surface area (TPSA) is 106 Å². The van der Waals surface area contributed by atoms with E-state index in [1.807, 2.05) is 19.9 Å². The summed E-state index contributed by atoms with van der Waals surface area (Å²) < 4.78 is 13.9. The van der Waals surface area contributed by atoms with Gasteiger partial charge in [0.05, 0.1) is 31.3 Å². The van der Waals surface area contributed by atoms with Gasteiger partial charge in [-0.15, -0.1) is 0 Å². The Bertz CT molecular complexity index is 699. The number of aliphatic hydroxyl groups is 1. The fourth-order valence-electron chi connectivity index (χ4n) is 2.43. The summed E-state index contributed by atoms with van der Waals surface area (Å²) >= 11 is 0. The quantitative estimate of drug-likeness (QED) is 0.815. The van der Waals surface area contributed by atoms with Gasteiger partial charge in [-0.2, -0.15) is 5.26 Å². The highest BCUT2D eigenvalue weighted by atomic mass is 16.6. The third kappa shape index (κ3) is 7.12. The van der Waals surface area contributed by atoms with Gasteiger partial charge in [-0.05, 0) is 40.5 Å². The van der Waals surface area contributed by atoms with Gasteiger partial charge in [-0.3, -0.25) is 13.9 Å². The Hall–Kier alpha value is -1.95. The second-order valence-electron chi connectivity index (χ2n) is 6.67. The summed E-state index contributed by atoms with van der Waals surface area (Å²) in [6.45, 7) is 7.96. The third-order valence-electron chi connectivity index (χ3n) is 3.55. The van der Waals surface area contributed by atoms with E-state index in [4.69, 9.17) is 19.8 Å². The van der Waals surface area contributed by atoms with Crippen molar-refractivity contribution in [2.24, 2.45) is 0 Å². The van der Waals surface area contributed by atoms with Crippen LogP contribution < -0.4 is 11.2 Å². The lowest BCUT2D eigenvalue weighted by molar-refractivity contribution is -0.0555. The normalized spacial score (nSPS) is 19.3. The van der Waals surface area contributed by atoms with E-state index in [0.717, 1.165) is 11.0 Å². The van der Waals surface area contributed by atoms with Gasteiger partial charge in [0, 0.05) is 24.9 Å². The van der Waals surface area contributed by atoms with Gasteiger partial charge in [0.15, 0.2) is 0 Å². The number of ether oxygens (including phenoxy) is 2.